The minimum absolute atomic E-state index is 0.342. The normalized spacial score (nSPS) is 11.1. The van der Waals surface area contributed by atoms with Crippen LogP contribution in [0.1, 0.15) is 72.3 Å². The fourth-order valence-electron chi connectivity index (χ4n) is 16.2. The van der Waals surface area contributed by atoms with E-state index in [-0.39, 0.29) is 0 Å². The van der Waals surface area contributed by atoms with Crippen LogP contribution in [0.15, 0.2) is 0 Å². The van der Waals surface area contributed by atoms with Gasteiger partial charge in [-0.1, -0.05) is 27.3 Å². The van der Waals surface area contributed by atoms with Crippen molar-refractivity contribution in [3.63, 3.8) is 0 Å². The van der Waals surface area contributed by atoms with Gasteiger partial charge in [0.1, 0.15) is 15.0 Å². The van der Waals surface area contributed by atoms with Crippen LogP contribution >= 0.6 is 0 Å². The lowest BCUT2D eigenvalue weighted by atomic mass is 8.66. The van der Waals surface area contributed by atoms with Crippen molar-refractivity contribution in [2.24, 2.45) is 0 Å². The number of fused-ring (bicyclic) bond motifs is 3. The summed E-state index contributed by atoms with van der Waals surface area (Å²) >= 11 is 0. The number of hydrogen-bond donors (Lipinski definition) is 0. The average Bonchev–Trinajstić information content (AvgIpc) is 3.36. The molecule has 0 N–H and O–H groups in total. The molecule has 0 unspecified atom stereocenters. The second-order valence-electron chi connectivity index (χ2n) is 27.2. The van der Waals surface area contributed by atoms with E-state index in [1.807, 2.05) is 0 Å². The van der Waals surface area contributed by atoms with Crippen LogP contribution in [0.25, 0.3) is 54.6 Å². The molecule has 0 fully saturated rings. The van der Waals surface area contributed by atoms with Crippen molar-refractivity contribution >= 4 is 309 Å². The van der Waals surface area contributed by atoms with Crippen LogP contribution in [-0.2, 0) is 0 Å². The fraction of sp³-hybridized carbons (Fsp3) is 0.302. The molecule has 0 spiro atoms. The molecular formula is C43H79B33. The van der Waals surface area contributed by atoms with E-state index in [0.717, 1.165) is 21.3 Å². The largest absolute Gasteiger partial charge is 0.139 e. The maximum absolute atomic E-state index is 2.64. The van der Waals surface area contributed by atoms with Gasteiger partial charge < -0.3 is 0 Å². The van der Waals surface area contributed by atoms with Crippen molar-refractivity contribution in [3.8, 4) is 22.3 Å². The summed E-state index contributed by atoms with van der Waals surface area (Å²) in [6.45, 7) is 33.6. The summed E-state index contributed by atoms with van der Waals surface area (Å²) in [5.41, 5.74) is 36.4. The van der Waals surface area contributed by atoms with Gasteiger partial charge in [-0.05, 0) is 217 Å². The van der Waals surface area contributed by atoms with Crippen molar-refractivity contribution in [1.29, 1.82) is 0 Å². The summed E-state index contributed by atoms with van der Waals surface area (Å²) in [5.74, 6) is 0. The molecule has 0 atom stereocenters. The second kappa shape index (κ2) is 24.4. The van der Waals surface area contributed by atoms with E-state index in [4.69, 9.17) is 0 Å². The highest BCUT2D eigenvalue weighted by atomic mass is 14.3. The zero-order chi connectivity index (χ0) is 57.5. The number of rotatable bonds is 17. The highest BCUT2D eigenvalue weighted by Gasteiger charge is 2.43. The van der Waals surface area contributed by atoms with E-state index in [9.17, 15) is 0 Å². The third-order valence-corrected chi connectivity index (χ3v) is 21.7. The lowest BCUT2D eigenvalue weighted by Crippen LogP contribution is -2.80. The molecule has 6 rings (SSSR count). The average molecular weight is 953 g/mol. The topological polar surface area (TPSA) is 0 Å². The van der Waals surface area contributed by atoms with Gasteiger partial charge in [0, 0.05) is 45.4 Å². The maximum atomic E-state index is 2.64. The molecule has 0 saturated carbocycles. The third-order valence-electron chi connectivity index (χ3n) is 21.7. The highest BCUT2D eigenvalue weighted by Crippen LogP contribution is 2.49. The molecule has 0 aliphatic heterocycles. The van der Waals surface area contributed by atoms with E-state index >= 15 is 0 Å². The Morgan fingerprint density at radius 2 is 0.711 bits per heavy atom. The van der Waals surface area contributed by atoms with Crippen LogP contribution < -0.4 is 38.2 Å². The Morgan fingerprint density at radius 1 is 0.303 bits per heavy atom. The fourth-order valence-corrected chi connectivity index (χ4v) is 16.2. The summed E-state index contributed by atoms with van der Waals surface area (Å²) in [5, 5.41) is 9.20. The first-order valence-electron chi connectivity index (χ1n) is 31.1. The summed E-state index contributed by atoms with van der Waals surface area (Å²) in [6.07, 6.45) is 3.07. The Bertz CT molecular complexity index is 3240. The molecule has 0 nitrogen and oxygen atoms in total. The van der Waals surface area contributed by atoms with Gasteiger partial charge in [-0.2, -0.15) is 0 Å². The van der Waals surface area contributed by atoms with Gasteiger partial charge in [0.15, 0.2) is 0 Å². The molecule has 0 aliphatic carbocycles. The molecule has 6 aromatic carbocycles. The number of hydrogen-bond acceptors (Lipinski definition) is 0. The lowest BCUT2D eigenvalue weighted by Gasteiger charge is -2.42. The van der Waals surface area contributed by atoms with Crippen molar-refractivity contribution < 1.29 is 0 Å². The molecule has 350 valence electrons. The van der Waals surface area contributed by atoms with Gasteiger partial charge >= 0.3 is 0 Å². The number of benzene rings is 6. The van der Waals surface area contributed by atoms with Crippen LogP contribution in [0.2, 0.25) is 0 Å². The van der Waals surface area contributed by atoms with Crippen molar-refractivity contribution in [1.82, 2.24) is 0 Å². The summed E-state index contributed by atoms with van der Waals surface area (Å²) in [7, 11) is 50.4. The van der Waals surface area contributed by atoms with Crippen LogP contribution in [0, 0.1) is 90.0 Å². The van der Waals surface area contributed by atoms with Crippen LogP contribution in [0.4, 0.5) is 0 Å². The first-order valence-corrected chi connectivity index (χ1v) is 31.1. The first kappa shape index (κ1) is 63.4. The second-order valence-corrected chi connectivity index (χ2v) is 27.2. The van der Waals surface area contributed by atoms with Gasteiger partial charge in [-0.15, -0.1) is 10.9 Å². The van der Waals surface area contributed by atoms with E-state index in [1.54, 1.807) is 54.6 Å². The van der Waals surface area contributed by atoms with Crippen LogP contribution in [0.3, 0.4) is 0 Å². The summed E-state index contributed by atoms with van der Waals surface area (Å²) in [4.78, 5) is 0. The molecule has 0 bridgehead atoms. The molecule has 0 radical (unpaired) electrons. The van der Waals surface area contributed by atoms with E-state index in [0.29, 0.717) is 70.8 Å². The standard InChI is InChI=1S/C43H79B33/c1-14-15(2)19(6)27(20(7)16(14)3)30-23(10)17(4)21(8)28-26(13)33-29(25(12)32(28)30)22(9)18(5)24(11)31(33)35-38(62-45)37(44)34-36(39(35)66(49)63-46)40(67(50)71(51)52)42(68(64-47)72(53)54)43(69(73(55)56)74(57)58)41(34)70(75(59)60)76(61)65-48/h62-65H,44-61H2,1-13H3. The molecule has 0 aliphatic rings. The summed E-state index contributed by atoms with van der Waals surface area (Å²) in [6, 6.07) is 0. The predicted molar refractivity (Wildman–Crippen MR) is 435 cm³/mol. The Balaban J connectivity index is 2.16. The van der Waals surface area contributed by atoms with Crippen LogP contribution in [0.5, 0.6) is 0 Å². The molecule has 0 heterocycles. The van der Waals surface area contributed by atoms with Gasteiger partial charge in [-0.25, -0.2) is 0 Å². The zero-order valence-corrected chi connectivity index (χ0v) is 55.2. The molecule has 6 aromatic rings. The first-order chi connectivity index (χ1) is 35.4. The van der Waals surface area contributed by atoms with Gasteiger partial charge in [-0.3, -0.25) is 0 Å². The molecule has 0 saturated heterocycles. The monoisotopic (exact) mass is 959 g/mol. The maximum Gasteiger partial charge on any atom is 0.139 e. The number of aryl methyl sites for hydroxylation is 4. The van der Waals surface area contributed by atoms with E-state index < -0.39 is 0 Å². The minimum Gasteiger partial charge on any atom is -0.113 e. The highest BCUT2D eigenvalue weighted by molar-refractivity contribution is 7.89. The molecule has 33 heteroatoms. The smallest absolute Gasteiger partial charge is 0.113 e. The molecule has 76 heavy (non-hydrogen) atoms. The SMILES string of the molecule is BBB(B)B(B(B)B)c1c(B(B(B)B)B(B)B)c(B(BB)B(B)B)c(B(B)B(B)B)c2c(B(B)BB)c(-c3c(C)c(C)c(C)c4c(C)c5c(-c6c(C)c(C)c(C)c(C)c6C)c(C)c(C)c(C)c5c(C)c34)c(BB)c(B)c12. The predicted octanol–water partition coefficient (Wildman–Crippen LogP) is -16.6. The Morgan fingerprint density at radius 3 is 1.08 bits per heavy atom. The van der Waals surface area contributed by atoms with Crippen LogP contribution in [-0.4, -0.2) is 239 Å². The van der Waals surface area contributed by atoms with Gasteiger partial charge in [0.2, 0.25) is 0 Å². The quantitative estimate of drug-likeness (QED) is 0.0631. The molecule has 0 aromatic heterocycles. The van der Waals surface area contributed by atoms with Gasteiger partial charge in [0.05, 0.1) is 178 Å². The zero-order valence-electron chi connectivity index (χ0n) is 55.2. The van der Waals surface area contributed by atoms with Crippen molar-refractivity contribution in [2.75, 3.05) is 0 Å². The minimum atomic E-state index is 0.342. The van der Waals surface area contributed by atoms with E-state index in [1.165, 1.54) is 118 Å². The van der Waals surface area contributed by atoms with Crippen molar-refractivity contribution in [3.05, 3.63) is 72.3 Å². The molecular weight excluding hydrogens is 873 g/mol. The lowest BCUT2D eigenvalue weighted by molar-refractivity contribution is 1.17. The Kier molecular flexibility index (Phi) is 20.3. The Labute approximate surface area is 490 Å². The van der Waals surface area contributed by atoms with E-state index in [2.05, 4.69) is 229 Å². The van der Waals surface area contributed by atoms with Gasteiger partial charge in [0.25, 0.3) is 0 Å². The summed E-state index contributed by atoms with van der Waals surface area (Å²) < 4.78 is 0. The Hall–Kier alpha value is -1.76. The van der Waals surface area contributed by atoms with Crippen molar-refractivity contribution in [2.45, 2.75) is 90.0 Å². The third kappa shape index (κ3) is 10.1. The molecule has 0 amide bonds.